The van der Waals surface area contributed by atoms with Gasteiger partial charge in [0.25, 0.3) is 5.91 Å². The van der Waals surface area contributed by atoms with Crippen molar-refractivity contribution in [3.8, 4) is 0 Å². The molecule has 0 atom stereocenters. The van der Waals surface area contributed by atoms with Crippen molar-refractivity contribution >= 4 is 23.2 Å². The molecule has 2 heterocycles. The molecule has 6 nitrogen and oxygen atoms in total. The average molecular weight is 263 g/mol. The zero-order valence-electron chi connectivity index (χ0n) is 9.93. The molecular weight excluding hydrogens is 250 g/mol. The Bertz CT molecular complexity index is 572. The summed E-state index contributed by atoms with van der Waals surface area (Å²) < 4.78 is 0. The molecule has 7 heteroatoms. The van der Waals surface area contributed by atoms with Gasteiger partial charge in [-0.1, -0.05) is 6.42 Å². The summed E-state index contributed by atoms with van der Waals surface area (Å²) in [5, 5.41) is 9.59. The predicted octanol–water partition coefficient (Wildman–Crippen LogP) is 2.09. The van der Waals surface area contributed by atoms with Crippen LogP contribution in [0.3, 0.4) is 0 Å². The highest BCUT2D eigenvalue weighted by Gasteiger charge is 2.23. The molecule has 94 valence electrons. The SMILES string of the molecule is Cc1ncsc1C(=O)Nc1n[nH]c(C2CCC2)n1. The van der Waals surface area contributed by atoms with Crippen LogP contribution in [0.4, 0.5) is 5.95 Å². The number of hydrogen-bond donors (Lipinski definition) is 2. The number of rotatable bonds is 3. The first-order valence-electron chi connectivity index (χ1n) is 5.88. The van der Waals surface area contributed by atoms with Crippen LogP contribution >= 0.6 is 11.3 Å². The summed E-state index contributed by atoms with van der Waals surface area (Å²) in [4.78, 5) is 20.9. The van der Waals surface area contributed by atoms with Gasteiger partial charge in [0, 0.05) is 5.92 Å². The second-order valence-electron chi connectivity index (χ2n) is 4.39. The molecule has 0 radical (unpaired) electrons. The van der Waals surface area contributed by atoms with Crippen molar-refractivity contribution in [1.29, 1.82) is 0 Å². The van der Waals surface area contributed by atoms with Gasteiger partial charge in [0.05, 0.1) is 11.2 Å². The van der Waals surface area contributed by atoms with Gasteiger partial charge < -0.3 is 0 Å². The molecule has 0 spiro atoms. The normalized spacial score (nSPS) is 15.4. The maximum absolute atomic E-state index is 11.9. The van der Waals surface area contributed by atoms with Gasteiger partial charge in [-0.2, -0.15) is 4.98 Å². The number of carbonyl (C=O) groups is 1. The number of anilines is 1. The van der Waals surface area contributed by atoms with E-state index >= 15 is 0 Å². The molecule has 1 amide bonds. The van der Waals surface area contributed by atoms with Crippen molar-refractivity contribution < 1.29 is 4.79 Å². The van der Waals surface area contributed by atoms with Crippen LogP contribution in [0.15, 0.2) is 5.51 Å². The summed E-state index contributed by atoms with van der Waals surface area (Å²) in [6.45, 7) is 1.81. The fraction of sp³-hybridized carbons (Fsp3) is 0.455. The van der Waals surface area contributed by atoms with Crippen LogP contribution in [0.25, 0.3) is 0 Å². The lowest BCUT2D eigenvalue weighted by Gasteiger charge is -2.22. The zero-order valence-corrected chi connectivity index (χ0v) is 10.8. The number of nitrogens with one attached hydrogen (secondary N) is 2. The number of aryl methyl sites for hydroxylation is 1. The molecule has 1 aliphatic rings. The van der Waals surface area contributed by atoms with Gasteiger partial charge >= 0.3 is 0 Å². The molecule has 0 aromatic carbocycles. The molecular formula is C11H13N5OS. The van der Waals surface area contributed by atoms with Crippen LogP contribution in [-0.4, -0.2) is 26.1 Å². The molecule has 3 rings (SSSR count). The Morgan fingerprint density at radius 1 is 1.56 bits per heavy atom. The van der Waals surface area contributed by atoms with Gasteiger partial charge in [-0.3, -0.25) is 15.2 Å². The molecule has 0 unspecified atom stereocenters. The number of carbonyl (C=O) groups excluding carboxylic acids is 1. The highest BCUT2D eigenvalue weighted by molar-refractivity contribution is 7.12. The van der Waals surface area contributed by atoms with Crippen LogP contribution in [0.2, 0.25) is 0 Å². The van der Waals surface area contributed by atoms with Gasteiger partial charge in [0.15, 0.2) is 0 Å². The van der Waals surface area contributed by atoms with E-state index in [9.17, 15) is 4.79 Å². The van der Waals surface area contributed by atoms with E-state index in [1.165, 1.54) is 17.8 Å². The van der Waals surface area contributed by atoms with Gasteiger partial charge in [-0.25, -0.2) is 4.98 Å². The predicted molar refractivity (Wildman–Crippen MR) is 67.8 cm³/mol. The summed E-state index contributed by atoms with van der Waals surface area (Å²) in [6, 6.07) is 0. The van der Waals surface area contributed by atoms with Crippen LogP contribution in [0.1, 0.15) is 46.4 Å². The number of amides is 1. The maximum atomic E-state index is 11.9. The van der Waals surface area contributed by atoms with Gasteiger partial charge in [0.2, 0.25) is 5.95 Å². The first-order chi connectivity index (χ1) is 8.74. The Morgan fingerprint density at radius 2 is 2.39 bits per heavy atom. The molecule has 2 aromatic heterocycles. The second-order valence-corrected chi connectivity index (χ2v) is 5.25. The van der Waals surface area contributed by atoms with E-state index in [2.05, 4.69) is 25.5 Å². The molecule has 18 heavy (non-hydrogen) atoms. The second kappa shape index (κ2) is 4.49. The Hall–Kier alpha value is -1.76. The third-order valence-electron chi connectivity index (χ3n) is 3.17. The van der Waals surface area contributed by atoms with Crippen molar-refractivity contribution in [2.75, 3.05) is 5.32 Å². The first-order valence-corrected chi connectivity index (χ1v) is 6.76. The Kier molecular flexibility index (Phi) is 2.83. The lowest BCUT2D eigenvalue weighted by atomic mass is 9.85. The summed E-state index contributed by atoms with van der Waals surface area (Å²) in [7, 11) is 0. The van der Waals surface area contributed by atoms with Crippen molar-refractivity contribution in [3.63, 3.8) is 0 Å². The fourth-order valence-electron chi connectivity index (χ4n) is 1.87. The first kappa shape index (κ1) is 11.3. The number of H-pyrrole nitrogens is 1. The van der Waals surface area contributed by atoms with Crippen molar-refractivity contribution in [2.24, 2.45) is 0 Å². The Morgan fingerprint density at radius 3 is 3.00 bits per heavy atom. The summed E-state index contributed by atoms with van der Waals surface area (Å²) >= 11 is 1.32. The number of nitrogens with zero attached hydrogens (tertiary/aromatic N) is 3. The number of aromatic amines is 1. The standard InChI is InChI=1S/C11H13N5OS/c1-6-8(18-5-12-6)10(17)14-11-13-9(15-16-11)7-3-2-4-7/h5,7H,2-4H2,1H3,(H2,13,14,15,16,17). The van der Waals surface area contributed by atoms with E-state index in [-0.39, 0.29) is 5.91 Å². The van der Waals surface area contributed by atoms with Gasteiger partial charge in [0.1, 0.15) is 10.7 Å². The van der Waals surface area contributed by atoms with E-state index in [0.29, 0.717) is 16.7 Å². The van der Waals surface area contributed by atoms with Crippen LogP contribution in [-0.2, 0) is 0 Å². The van der Waals surface area contributed by atoms with Gasteiger partial charge in [-0.15, -0.1) is 16.4 Å². The Balaban J connectivity index is 1.70. The monoisotopic (exact) mass is 263 g/mol. The topological polar surface area (TPSA) is 83.6 Å². The molecule has 2 aromatic rings. The zero-order chi connectivity index (χ0) is 12.5. The van der Waals surface area contributed by atoms with Crippen molar-refractivity contribution in [3.05, 3.63) is 21.9 Å². The Labute approximate surface area is 108 Å². The van der Waals surface area contributed by atoms with E-state index < -0.39 is 0 Å². The van der Waals surface area contributed by atoms with E-state index in [1.807, 2.05) is 6.92 Å². The third kappa shape index (κ3) is 2.01. The molecule has 2 N–H and O–H groups in total. The van der Waals surface area contributed by atoms with E-state index in [0.717, 1.165) is 24.4 Å². The molecule has 1 fully saturated rings. The molecule has 0 bridgehead atoms. The quantitative estimate of drug-likeness (QED) is 0.888. The number of thiazole rings is 1. The third-order valence-corrected chi connectivity index (χ3v) is 4.10. The lowest BCUT2D eigenvalue weighted by molar-refractivity contribution is 0.102. The van der Waals surface area contributed by atoms with Crippen LogP contribution < -0.4 is 5.32 Å². The van der Waals surface area contributed by atoms with Crippen LogP contribution in [0, 0.1) is 6.92 Å². The largest absolute Gasteiger partial charge is 0.288 e. The molecule has 0 saturated heterocycles. The minimum absolute atomic E-state index is 0.200. The van der Waals surface area contributed by atoms with E-state index in [4.69, 9.17) is 0 Å². The smallest absolute Gasteiger partial charge is 0.270 e. The highest BCUT2D eigenvalue weighted by atomic mass is 32.1. The molecule has 1 aliphatic carbocycles. The molecule has 1 saturated carbocycles. The highest BCUT2D eigenvalue weighted by Crippen LogP contribution is 2.34. The fourth-order valence-corrected chi connectivity index (χ4v) is 2.57. The molecule has 0 aliphatic heterocycles. The summed E-state index contributed by atoms with van der Waals surface area (Å²) in [6.07, 6.45) is 3.54. The summed E-state index contributed by atoms with van der Waals surface area (Å²) in [5.41, 5.74) is 2.38. The lowest BCUT2D eigenvalue weighted by Crippen LogP contribution is -2.13. The van der Waals surface area contributed by atoms with Crippen molar-refractivity contribution in [2.45, 2.75) is 32.1 Å². The number of aromatic nitrogens is 4. The van der Waals surface area contributed by atoms with Crippen molar-refractivity contribution in [1.82, 2.24) is 20.2 Å². The van der Waals surface area contributed by atoms with Gasteiger partial charge in [-0.05, 0) is 19.8 Å². The minimum Gasteiger partial charge on any atom is -0.288 e. The van der Waals surface area contributed by atoms with Crippen LogP contribution in [0.5, 0.6) is 0 Å². The maximum Gasteiger partial charge on any atom is 0.270 e. The summed E-state index contributed by atoms with van der Waals surface area (Å²) in [5.74, 6) is 1.50. The minimum atomic E-state index is -0.200. The van der Waals surface area contributed by atoms with E-state index in [1.54, 1.807) is 5.51 Å². The number of hydrogen-bond acceptors (Lipinski definition) is 5. The average Bonchev–Trinajstić information content (AvgIpc) is 2.85.